The lowest BCUT2D eigenvalue weighted by molar-refractivity contribution is -0.125. The number of anilines is 1. The van der Waals surface area contributed by atoms with E-state index in [1.807, 2.05) is 12.1 Å². The minimum Gasteiger partial charge on any atom is -0.369 e. The second-order valence-corrected chi connectivity index (χ2v) is 4.88. The maximum atomic E-state index is 12.0. The maximum absolute atomic E-state index is 12.0. The molecule has 1 atom stereocenters. The normalized spacial score (nSPS) is 18.4. The Hall–Kier alpha value is -2.13. The summed E-state index contributed by atoms with van der Waals surface area (Å²) in [6.07, 6.45) is 3.57. The summed E-state index contributed by atoms with van der Waals surface area (Å²) in [5, 5.41) is 11.6. The van der Waals surface area contributed by atoms with Gasteiger partial charge in [0.15, 0.2) is 0 Å². The van der Waals surface area contributed by atoms with Crippen molar-refractivity contribution in [1.82, 2.24) is 10.3 Å². The van der Waals surface area contributed by atoms with Gasteiger partial charge in [0.05, 0.1) is 17.8 Å². The zero-order valence-corrected chi connectivity index (χ0v) is 11.4. The molecule has 0 radical (unpaired) electrons. The van der Waals surface area contributed by atoms with Crippen LogP contribution in [0.15, 0.2) is 18.3 Å². The van der Waals surface area contributed by atoms with Crippen molar-refractivity contribution in [2.24, 2.45) is 11.7 Å². The van der Waals surface area contributed by atoms with Gasteiger partial charge in [-0.3, -0.25) is 4.79 Å². The van der Waals surface area contributed by atoms with Gasteiger partial charge in [0, 0.05) is 26.2 Å². The van der Waals surface area contributed by atoms with Crippen molar-refractivity contribution in [3.63, 3.8) is 0 Å². The molecule has 6 heteroatoms. The predicted octanol–water partition coefficient (Wildman–Crippen LogP) is 0.245. The van der Waals surface area contributed by atoms with Gasteiger partial charge >= 0.3 is 0 Å². The molecule has 0 aromatic carbocycles. The van der Waals surface area contributed by atoms with Crippen LogP contribution in [0.5, 0.6) is 0 Å². The van der Waals surface area contributed by atoms with E-state index in [0.29, 0.717) is 25.3 Å². The fraction of sp³-hybridized carbons (Fsp3) is 0.500. The lowest BCUT2D eigenvalue weighted by Crippen LogP contribution is -2.44. The van der Waals surface area contributed by atoms with Gasteiger partial charge in [-0.2, -0.15) is 5.26 Å². The largest absolute Gasteiger partial charge is 0.369 e. The molecule has 1 fully saturated rings. The molecule has 1 amide bonds. The maximum Gasteiger partial charge on any atom is 0.224 e. The molecule has 2 heterocycles. The molecule has 20 heavy (non-hydrogen) atoms. The molecule has 6 nitrogen and oxygen atoms in total. The number of pyridine rings is 1. The third-order valence-corrected chi connectivity index (χ3v) is 3.46. The van der Waals surface area contributed by atoms with Crippen LogP contribution in [0, 0.1) is 17.2 Å². The number of aromatic nitrogens is 1. The summed E-state index contributed by atoms with van der Waals surface area (Å²) in [5.74, 6) is 0.0627. The Kier molecular flexibility index (Phi) is 4.91. The number of piperidine rings is 1. The first-order chi connectivity index (χ1) is 9.74. The van der Waals surface area contributed by atoms with Crippen LogP contribution in [0.2, 0.25) is 0 Å². The molecule has 106 valence electrons. The third kappa shape index (κ3) is 3.45. The van der Waals surface area contributed by atoms with E-state index in [1.54, 1.807) is 12.3 Å². The molecular weight excluding hydrogens is 254 g/mol. The topological polar surface area (TPSA) is 95.0 Å². The van der Waals surface area contributed by atoms with Gasteiger partial charge < -0.3 is 16.0 Å². The monoisotopic (exact) mass is 273 g/mol. The van der Waals surface area contributed by atoms with Gasteiger partial charge in [-0.25, -0.2) is 4.98 Å². The molecule has 1 aliphatic heterocycles. The molecule has 2 rings (SSSR count). The first-order valence-corrected chi connectivity index (χ1v) is 6.83. The quantitative estimate of drug-likeness (QED) is 0.819. The Morgan fingerprint density at radius 3 is 3.10 bits per heavy atom. The summed E-state index contributed by atoms with van der Waals surface area (Å²) in [5.41, 5.74) is 6.76. The van der Waals surface area contributed by atoms with Crippen LogP contribution < -0.4 is 16.0 Å². The summed E-state index contributed by atoms with van der Waals surface area (Å²) in [4.78, 5) is 18.2. The lowest BCUT2D eigenvalue weighted by Gasteiger charge is -2.33. The minimum atomic E-state index is -0.00839. The van der Waals surface area contributed by atoms with Crippen molar-refractivity contribution in [1.29, 1.82) is 5.26 Å². The van der Waals surface area contributed by atoms with Crippen LogP contribution in [0.1, 0.15) is 18.5 Å². The molecular formula is C14H19N5O. The summed E-state index contributed by atoms with van der Waals surface area (Å²) < 4.78 is 0. The van der Waals surface area contributed by atoms with Crippen LogP contribution in [-0.2, 0) is 4.79 Å². The Balaban J connectivity index is 1.99. The van der Waals surface area contributed by atoms with Gasteiger partial charge in [-0.05, 0) is 25.0 Å². The van der Waals surface area contributed by atoms with E-state index < -0.39 is 0 Å². The second kappa shape index (κ2) is 6.87. The van der Waals surface area contributed by atoms with Crippen molar-refractivity contribution < 1.29 is 4.79 Å². The van der Waals surface area contributed by atoms with Gasteiger partial charge in [-0.15, -0.1) is 0 Å². The summed E-state index contributed by atoms with van der Waals surface area (Å²) in [7, 11) is 0. The van der Waals surface area contributed by atoms with Crippen molar-refractivity contribution in [2.45, 2.75) is 12.8 Å². The Morgan fingerprint density at radius 2 is 2.45 bits per heavy atom. The highest BCUT2D eigenvalue weighted by Crippen LogP contribution is 2.22. The fourth-order valence-electron chi connectivity index (χ4n) is 2.40. The number of rotatable bonds is 4. The fourth-order valence-corrected chi connectivity index (χ4v) is 2.40. The van der Waals surface area contributed by atoms with Crippen LogP contribution in [0.25, 0.3) is 0 Å². The molecule has 0 saturated carbocycles. The van der Waals surface area contributed by atoms with Gasteiger partial charge in [-0.1, -0.05) is 0 Å². The zero-order chi connectivity index (χ0) is 14.4. The molecule has 1 aliphatic rings. The molecule has 1 aromatic heterocycles. The Labute approximate surface area is 118 Å². The molecule has 0 bridgehead atoms. The number of amides is 1. The third-order valence-electron chi connectivity index (χ3n) is 3.46. The highest BCUT2D eigenvalue weighted by Gasteiger charge is 2.25. The molecule has 1 saturated heterocycles. The Bertz CT molecular complexity index is 493. The lowest BCUT2D eigenvalue weighted by atomic mass is 9.97. The van der Waals surface area contributed by atoms with Crippen LogP contribution in [0.3, 0.4) is 0 Å². The van der Waals surface area contributed by atoms with E-state index >= 15 is 0 Å². The molecule has 1 aromatic rings. The van der Waals surface area contributed by atoms with Gasteiger partial charge in [0.1, 0.15) is 11.8 Å². The van der Waals surface area contributed by atoms with Crippen LogP contribution in [0.4, 0.5) is 5.69 Å². The number of nitrogens with zero attached hydrogens (tertiary/aromatic N) is 3. The zero-order valence-electron chi connectivity index (χ0n) is 11.4. The van der Waals surface area contributed by atoms with Crippen molar-refractivity contribution >= 4 is 11.6 Å². The standard InChI is InChI=1S/C14H19N5O/c15-5-6-17-14(20)11-2-1-7-19(10-11)13-4-3-12(8-16)18-9-13/h3-4,9,11H,1-2,5-7,10,15H2,(H,17,20). The van der Waals surface area contributed by atoms with E-state index in [1.165, 1.54) is 0 Å². The average molecular weight is 273 g/mol. The number of nitrogens with two attached hydrogens (primary N) is 1. The highest BCUT2D eigenvalue weighted by atomic mass is 16.1. The Morgan fingerprint density at radius 1 is 1.60 bits per heavy atom. The first-order valence-electron chi connectivity index (χ1n) is 6.83. The predicted molar refractivity (Wildman–Crippen MR) is 76.0 cm³/mol. The number of carbonyl (C=O) groups is 1. The number of hydrogen-bond acceptors (Lipinski definition) is 5. The SMILES string of the molecule is N#Cc1ccc(N2CCCC(C(=O)NCCN)C2)cn1. The first kappa shape index (κ1) is 14.3. The summed E-state index contributed by atoms with van der Waals surface area (Å²) in [6, 6.07) is 5.58. The van der Waals surface area contributed by atoms with E-state index in [2.05, 4.69) is 15.2 Å². The number of nitriles is 1. The number of nitrogens with one attached hydrogen (secondary N) is 1. The highest BCUT2D eigenvalue weighted by molar-refractivity contribution is 5.79. The molecule has 3 N–H and O–H groups in total. The second-order valence-electron chi connectivity index (χ2n) is 4.88. The van der Waals surface area contributed by atoms with E-state index in [9.17, 15) is 4.79 Å². The van der Waals surface area contributed by atoms with E-state index in [0.717, 1.165) is 25.1 Å². The molecule has 1 unspecified atom stereocenters. The van der Waals surface area contributed by atoms with Gasteiger partial charge in [0.2, 0.25) is 5.91 Å². The van der Waals surface area contributed by atoms with E-state index in [-0.39, 0.29) is 11.8 Å². The van der Waals surface area contributed by atoms with Crippen molar-refractivity contribution in [2.75, 3.05) is 31.1 Å². The average Bonchev–Trinajstić information content (AvgIpc) is 2.52. The summed E-state index contributed by atoms with van der Waals surface area (Å²) >= 11 is 0. The summed E-state index contributed by atoms with van der Waals surface area (Å²) in [6.45, 7) is 2.58. The number of carbonyl (C=O) groups excluding carboxylic acids is 1. The van der Waals surface area contributed by atoms with E-state index in [4.69, 9.17) is 11.0 Å². The van der Waals surface area contributed by atoms with Crippen molar-refractivity contribution in [3.8, 4) is 6.07 Å². The van der Waals surface area contributed by atoms with Crippen LogP contribution in [-0.4, -0.2) is 37.1 Å². The van der Waals surface area contributed by atoms with Crippen molar-refractivity contribution in [3.05, 3.63) is 24.0 Å². The van der Waals surface area contributed by atoms with Gasteiger partial charge in [0.25, 0.3) is 0 Å². The van der Waals surface area contributed by atoms with Crippen LogP contribution >= 0.6 is 0 Å². The minimum absolute atomic E-state index is 0.00839. The molecule has 0 aliphatic carbocycles. The number of hydrogen-bond donors (Lipinski definition) is 2. The molecule has 0 spiro atoms. The smallest absolute Gasteiger partial charge is 0.224 e.